The summed E-state index contributed by atoms with van der Waals surface area (Å²) in [6, 6.07) is 2.52. The Morgan fingerprint density at radius 2 is 1.97 bits per heavy atom. The van der Waals surface area contributed by atoms with E-state index in [0.717, 1.165) is 6.07 Å². The molecule has 1 aliphatic heterocycles. The van der Waals surface area contributed by atoms with Crippen molar-refractivity contribution in [2.75, 3.05) is 6.79 Å². The maximum atomic E-state index is 12.4. The molecule has 1 atom stereocenters. The van der Waals surface area contributed by atoms with Gasteiger partial charge in [0.1, 0.15) is 17.1 Å². The zero-order valence-corrected chi connectivity index (χ0v) is 17.0. The van der Waals surface area contributed by atoms with Gasteiger partial charge in [-0.25, -0.2) is 4.79 Å². The van der Waals surface area contributed by atoms with E-state index in [9.17, 15) is 24.5 Å². The van der Waals surface area contributed by atoms with Gasteiger partial charge in [-0.15, -0.1) is 0 Å². The molecule has 10 heteroatoms. The Bertz CT molecular complexity index is 789. The molecule has 158 valence electrons. The third kappa shape index (κ3) is 5.87. The number of hydrogen-bond donors (Lipinski definition) is 3. The van der Waals surface area contributed by atoms with Crippen molar-refractivity contribution in [3.05, 3.63) is 23.3 Å². The van der Waals surface area contributed by atoms with Crippen molar-refractivity contribution in [3.63, 3.8) is 0 Å². The molecule has 0 aromatic heterocycles. The van der Waals surface area contributed by atoms with E-state index in [-0.39, 0.29) is 29.4 Å². The third-order valence-corrected chi connectivity index (χ3v) is 4.21. The summed E-state index contributed by atoms with van der Waals surface area (Å²) in [6.07, 6.45) is 1.11. The fourth-order valence-corrected chi connectivity index (χ4v) is 2.71. The van der Waals surface area contributed by atoms with Crippen LogP contribution in [-0.2, 0) is 25.5 Å². The molecule has 2 rings (SSSR count). The highest BCUT2D eigenvalue weighted by atomic mass is 16.7. The molecule has 9 nitrogen and oxygen atoms in total. The Morgan fingerprint density at radius 1 is 1.28 bits per heavy atom. The summed E-state index contributed by atoms with van der Waals surface area (Å²) in [5.41, 5.74) is -0.443. The number of ether oxygens (including phenoxy) is 2. The normalized spacial score (nSPS) is 15.8. The van der Waals surface area contributed by atoms with E-state index in [4.69, 9.17) is 14.1 Å². The molecule has 0 saturated heterocycles. The van der Waals surface area contributed by atoms with E-state index in [1.54, 1.807) is 20.8 Å². The van der Waals surface area contributed by atoms with Gasteiger partial charge in [-0.1, -0.05) is 6.92 Å². The predicted molar refractivity (Wildman–Crippen MR) is 103 cm³/mol. The highest BCUT2D eigenvalue weighted by Crippen LogP contribution is 2.34. The van der Waals surface area contributed by atoms with Crippen molar-refractivity contribution in [2.24, 2.45) is 5.41 Å². The van der Waals surface area contributed by atoms with Crippen molar-refractivity contribution in [1.82, 2.24) is 5.32 Å². The number of rotatable bonds is 6. The van der Waals surface area contributed by atoms with Gasteiger partial charge in [0.2, 0.25) is 12.7 Å². The maximum Gasteiger partial charge on any atom is 0.547 e. The zero-order valence-electron chi connectivity index (χ0n) is 17.0. The second kappa shape index (κ2) is 9.17. The van der Waals surface area contributed by atoms with Crippen LogP contribution < -0.4 is 9.97 Å². The first-order valence-electron chi connectivity index (χ1n) is 9.37. The Kier molecular flexibility index (Phi) is 7.13. The van der Waals surface area contributed by atoms with Crippen molar-refractivity contribution < 1.29 is 38.6 Å². The molecule has 29 heavy (non-hydrogen) atoms. The number of fused-ring (bicyclic) bond motifs is 1. The number of nitrogens with one attached hydrogen (secondary N) is 1. The molecule has 1 aromatic carbocycles. The van der Waals surface area contributed by atoms with E-state index in [2.05, 4.69) is 5.32 Å². The van der Waals surface area contributed by atoms with Crippen LogP contribution in [0.1, 0.15) is 56.5 Å². The molecule has 0 spiro atoms. The van der Waals surface area contributed by atoms with Gasteiger partial charge in [-0.2, -0.15) is 0 Å². The van der Waals surface area contributed by atoms with Crippen LogP contribution in [0.3, 0.4) is 0 Å². The van der Waals surface area contributed by atoms with Crippen molar-refractivity contribution in [1.29, 1.82) is 0 Å². The number of benzene rings is 1. The first-order valence-corrected chi connectivity index (χ1v) is 9.37. The average molecular weight is 407 g/mol. The lowest BCUT2D eigenvalue weighted by molar-refractivity contribution is -0.161. The van der Waals surface area contributed by atoms with Crippen molar-refractivity contribution >= 4 is 25.0 Å². The second-order valence-corrected chi connectivity index (χ2v) is 7.85. The SMILES string of the molecule is CCCC(=O)N[C@H]1Cc2cc(O)cc(C(=O)OCOC(=O)C(C)(C)C)c2OB1O. The summed E-state index contributed by atoms with van der Waals surface area (Å²) in [5, 5.41) is 22.9. The van der Waals surface area contributed by atoms with Crippen LogP contribution in [0.25, 0.3) is 0 Å². The number of aromatic hydroxyl groups is 1. The average Bonchev–Trinajstić information content (AvgIpc) is 2.61. The number of carbonyl (C=O) groups excluding carboxylic acids is 3. The smallest absolute Gasteiger partial charge is 0.534 e. The molecule has 3 N–H and O–H groups in total. The van der Waals surface area contributed by atoms with E-state index in [1.807, 2.05) is 6.92 Å². The quantitative estimate of drug-likeness (QED) is 0.366. The fourth-order valence-electron chi connectivity index (χ4n) is 2.71. The Morgan fingerprint density at radius 3 is 2.59 bits per heavy atom. The number of amides is 1. The largest absolute Gasteiger partial charge is 0.547 e. The van der Waals surface area contributed by atoms with Crippen molar-refractivity contribution in [2.45, 2.75) is 52.9 Å². The van der Waals surface area contributed by atoms with Gasteiger partial charge >= 0.3 is 19.1 Å². The van der Waals surface area contributed by atoms with Crippen LogP contribution in [0.15, 0.2) is 12.1 Å². The summed E-state index contributed by atoms with van der Waals surface area (Å²) < 4.78 is 15.3. The van der Waals surface area contributed by atoms with E-state index in [1.165, 1.54) is 6.07 Å². The molecule has 1 aliphatic rings. The van der Waals surface area contributed by atoms with Gasteiger partial charge in [-0.3, -0.25) is 9.59 Å². The molecule has 1 aromatic rings. The minimum atomic E-state index is -1.38. The van der Waals surface area contributed by atoms with Gasteiger partial charge in [0, 0.05) is 6.42 Å². The van der Waals surface area contributed by atoms with Crippen LogP contribution in [0.2, 0.25) is 0 Å². The van der Waals surface area contributed by atoms with Crippen LogP contribution in [0.4, 0.5) is 0 Å². The van der Waals surface area contributed by atoms with Gasteiger partial charge in [-0.05, 0) is 51.3 Å². The highest BCUT2D eigenvalue weighted by molar-refractivity contribution is 6.47. The molecule has 0 fully saturated rings. The summed E-state index contributed by atoms with van der Waals surface area (Å²) in [7, 11) is -1.38. The molecule has 0 unspecified atom stereocenters. The number of carbonyl (C=O) groups is 3. The number of hydrogen-bond acceptors (Lipinski definition) is 8. The van der Waals surface area contributed by atoms with Crippen molar-refractivity contribution in [3.8, 4) is 11.5 Å². The first-order chi connectivity index (χ1) is 13.5. The standard InChI is InChI=1S/C19H26BNO8/c1-5-6-15(23)21-14-8-11-7-12(22)9-13(16(11)29-20(14)26)17(24)27-10-28-18(25)19(2,3)4/h7,9,14,22,26H,5-6,8,10H2,1-4H3,(H,21,23)/t14-/m0/s1. The summed E-state index contributed by atoms with van der Waals surface area (Å²) in [6.45, 7) is 6.24. The van der Waals surface area contributed by atoms with E-state index in [0.29, 0.717) is 18.4 Å². The van der Waals surface area contributed by atoms with E-state index >= 15 is 0 Å². The number of esters is 2. The lowest BCUT2D eigenvalue weighted by atomic mass is 9.72. The second-order valence-electron chi connectivity index (χ2n) is 7.85. The van der Waals surface area contributed by atoms with Crippen LogP contribution in [0.5, 0.6) is 11.5 Å². The molecule has 0 aliphatic carbocycles. The molecule has 0 bridgehead atoms. The Labute approximate surface area is 169 Å². The topological polar surface area (TPSA) is 131 Å². The highest BCUT2D eigenvalue weighted by Gasteiger charge is 2.38. The van der Waals surface area contributed by atoms with Crippen LogP contribution in [-0.4, -0.2) is 47.8 Å². The number of phenolic OH excluding ortho intramolecular Hbond substituents is 1. The Hall–Kier alpha value is -2.75. The van der Waals surface area contributed by atoms with Gasteiger partial charge in [0.25, 0.3) is 0 Å². The Balaban J connectivity index is 2.12. The zero-order chi connectivity index (χ0) is 21.8. The molecule has 0 radical (unpaired) electrons. The lowest BCUT2D eigenvalue weighted by Gasteiger charge is -2.29. The monoisotopic (exact) mass is 407 g/mol. The van der Waals surface area contributed by atoms with Gasteiger partial charge < -0.3 is 29.6 Å². The summed E-state index contributed by atoms with van der Waals surface area (Å²) in [4.78, 5) is 35.9. The van der Waals surface area contributed by atoms with Crippen LogP contribution >= 0.6 is 0 Å². The minimum absolute atomic E-state index is 0.0449. The molecular formula is C19H26BNO8. The molecular weight excluding hydrogens is 381 g/mol. The molecule has 1 heterocycles. The molecule has 1 amide bonds. The summed E-state index contributed by atoms with van der Waals surface area (Å²) >= 11 is 0. The molecule has 0 saturated carbocycles. The maximum absolute atomic E-state index is 12.4. The van der Waals surface area contributed by atoms with Gasteiger partial charge in [0.15, 0.2) is 0 Å². The van der Waals surface area contributed by atoms with E-state index < -0.39 is 37.2 Å². The lowest BCUT2D eigenvalue weighted by Crippen LogP contribution is -2.53. The summed E-state index contributed by atoms with van der Waals surface area (Å²) in [5.74, 6) is -2.55. The third-order valence-electron chi connectivity index (χ3n) is 4.21. The van der Waals surface area contributed by atoms with Gasteiger partial charge in [0.05, 0.1) is 11.4 Å². The minimum Gasteiger partial charge on any atom is -0.534 e. The van der Waals surface area contributed by atoms with Crippen LogP contribution in [0, 0.1) is 5.41 Å². The number of phenols is 1. The predicted octanol–water partition coefficient (Wildman–Crippen LogP) is 1.34. The first kappa shape index (κ1) is 22.5. The fraction of sp³-hybridized carbons (Fsp3) is 0.526.